The molecule has 0 saturated carbocycles. The second kappa shape index (κ2) is 12.9. The highest BCUT2D eigenvalue weighted by atomic mass is 16.5. The predicted molar refractivity (Wildman–Crippen MR) is 77.6 cm³/mol. The molecule has 0 aromatic heterocycles. The van der Waals surface area contributed by atoms with Crippen LogP contribution in [0.15, 0.2) is 0 Å². The molecule has 2 nitrogen and oxygen atoms in total. The number of carbonyl (C=O) groups excluding carboxylic acids is 1. The maximum Gasteiger partial charge on any atom is 0.308 e. The van der Waals surface area contributed by atoms with E-state index < -0.39 is 0 Å². The lowest BCUT2D eigenvalue weighted by Crippen LogP contribution is -2.18. The second-order valence-electron chi connectivity index (χ2n) is 5.15. The van der Waals surface area contributed by atoms with Crippen molar-refractivity contribution in [3.8, 4) is 0 Å². The van der Waals surface area contributed by atoms with Crippen molar-refractivity contribution in [2.45, 2.75) is 85.0 Å². The number of unbranched alkanes of at least 4 members (excludes halogenated alkanes) is 6. The summed E-state index contributed by atoms with van der Waals surface area (Å²) in [4.78, 5) is 11.8. The summed E-state index contributed by atoms with van der Waals surface area (Å²) in [6.07, 6.45) is 12.0. The lowest BCUT2D eigenvalue weighted by molar-refractivity contribution is -0.148. The molecule has 1 atom stereocenters. The summed E-state index contributed by atoms with van der Waals surface area (Å²) in [6, 6.07) is 0. The van der Waals surface area contributed by atoms with Crippen molar-refractivity contribution in [3.63, 3.8) is 0 Å². The van der Waals surface area contributed by atoms with E-state index in [0.29, 0.717) is 6.61 Å². The van der Waals surface area contributed by atoms with Gasteiger partial charge in [0.2, 0.25) is 0 Å². The van der Waals surface area contributed by atoms with Crippen molar-refractivity contribution in [2.75, 3.05) is 6.61 Å². The van der Waals surface area contributed by atoms with Gasteiger partial charge in [0.05, 0.1) is 12.5 Å². The molecule has 0 fully saturated rings. The molecule has 0 aliphatic rings. The van der Waals surface area contributed by atoms with Gasteiger partial charge in [0.15, 0.2) is 0 Å². The standard InChI is InChI=1S/C16H32O2/c1-4-7-9-10-12-14-15(13-11-8-5-2)16(17)18-6-3/h15H,4-14H2,1-3H3/t15-/m1/s1. The van der Waals surface area contributed by atoms with Crippen LogP contribution in [0.5, 0.6) is 0 Å². The SMILES string of the molecule is CCCCCCC[C@@H](CCCCC)C(=O)OCC. The van der Waals surface area contributed by atoms with Crippen LogP contribution in [0, 0.1) is 5.92 Å². The minimum Gasteiger partial charge on any atom is -0.466 e. The first kappa shape index (κ1) is 17.5. The minimum atomic E-state index is 0.0316. The number of ether oxygens (including phenoxy) is 1. The van der Waals surface area contributed by atoms with Crippen LogP contribution in [-0.4, -0.2) is 12.6 Å². The van der Waals surface area contributed by atoms with Crippen molar-refractivity contribution in [1.29, 1.82) is 0 Å². The van der Waals surface area contributed by atoms with E-state index in [-0.39, 0.29) is 11.9 Å². The Kier molecular flexibility index (Phi) is 12.5. The third kappa shape index (κ3) is 9.49. The van der Waals surface area contributed by atoms with Crippen LogP contribution < -0.4 is 0 Å². The summed E-state index contributed by atoms with van der Waals surface area (Å²) < 4.78 is 5.17. The molecular formula is C16H32O2. The molecule has 2 heteroatoms. The van der Waals surface area contributed by atoms with E-state index in [4.69, 9.17) is 4.74 Å². The molecule has 0 aromatic rings. The third-order valence-corrected chi connectivity index (χ3v) is 3.43. The second-order valence-corrected chi connectivity index (χ2v) is 5.15. The fourth-order valence-electron chi connectivity index (χ4n) is 2.28. The zero-order chi connectivity index (χ0) is 13.6. The van der Waals surface area contributed by atoms with Gasteiger partial charge in [-0.25, -0.2) is 0 Å². The van der Waals surface area contributed by atoms with Gasteiger partial charge in [-0.05, 0) is 19.8 Å². The maximum absolute atomic E-state index is 11.8. The van der Waals surface area contributed by atoms with E-state index in [0.717, 1.165) is 19.3 Å². The Labute approximate surface area is 113 Å². The van der Waals surface area contributed by atoms with Gasteiger partial charge in [-0.1, -0.05) is 65.2 Å². The molecule has 18 heavy (non-hydrogen) atoms. The molecule has 0 bridgehead atoms. The van der Waals surface area contributed by atoms with E-state index in [1.165, 1.54) is 44.9 Å². The first-order chi connectivity index (χ1) is 8.76. The Bertz CT molecular complexity index is 190. The smallest absolute Gasteiger partial charge is 0.308 e. The van der Waals surface area contributed by atoms with Crippen LogP contribution in [0.2, 0.25) is 0 Å². The summed E-state index contributed by atoms with van der Waals surface area (Å²) in [5, 5.41) is 0. The highest BCUT2D eigenvalue weighted by Gasteiger charge is 2.18. The highest BCUT2D eigenvalue weighted by Crippen LogP contribution is 2.19. The van der Waals surface area contributed by atoms with E-state index in [1.54, 1.807) is 0 Å². The number of rotatable bonds is 12. The zero-order valence-electron chi connectivity index (χ0n) is 12.7. The molecule has 0 radical (unpaired) electrons. The van der Waals surface area contributed by atoms with Crippen molar-refractivity contribution in [2.24, 2.45) is 5.92 Å². The van der Waals surface area contributed by atoms with E-state index in [2.05, 4.69) is 13.8 Å². The van der Waals surface area contributed by atoms with Gasteiger partial charge in [0.25, 0.3) is 0 Å². The normalized spacial score (nSPS) is 12.4. The van der Waals surface area contributed by atoms with Gasteiger partial charge < -0.3 is 4.74 Å². The summed E-state index contributed by atoms with van der Waals surface area (Å²) in [6.45, 7) is 6.83. The lowest BCUT2D eigenvalue weighted by Gasteiger charge is -2.15. The number of carbonyl (C=O) groups is 1. The van der Waals surface area contributed by atoms with E-state index >= 15 is 0 Å². The lowest BCUT2D eigenvalue weighted by atomic mass is 9.95. The summed E-state index contributed by atoms with van der Waals surface area (Å²) in [5.74, 6) is 0.183. The number of hydrogen-bond acceptors (Lipinski definition) is 2. The molecule has 0 rings (SSSR count). The predicted octanol–water partition coefficient (Wildman–Crippen LogP) is 5.11. The molecule has 0 aliphatic carbocycles. The number of hydrogen-bond donors (Lipinski definition) is 0. The molecule has 0 aliphatic heterocycles. The Morgan fingerprint density at radius 2 is 1.33 bits per heavy atom. The van der Waals surface area contributed by atoms with Crippen LogP contribution in [0.4, 0.5) is 0 Å². The fraction of sp³-hybridized carbons (Fsp3) is 0.938. The molecule has 0 saturated heterocycles. The summed E-state index contributed by atoms with van der Waals surface area (Å²) in [5.41, 5.74) is 0. The van der Waals surface area contributed by atoms with Crippen LogP contribution in [0.3, 0.4) is 0 Å². The Hall–Kier alpha value is -0.530. The maximum atomic E-state index is 11.8. The zero-order valence-corrected chi connectivity index (χ0v) is 12.7. The molecule has 0 amide bonds. The third-order valence-electron chi connectivity index (χ3n) is 3.43. The molecule has 0 spiro atoms. The van der Waals surface area contributed by atoms with Crippen molar-refractivity contribution in [3.05, 3.63) is 0 Å². The largest absolute Gasteiger partial charge is 0.466 e. The van der Waals surface area contributed by atoms with Gasteiger partial charge in [-0.15, -0.1) is 0 Å². The van der Waals surface area contributed by atoms with E-state index in [1.807, 2.05) is 6.92 Å². The van der Waals surface area contributed by atoms with Gasteiger partial charge in [0, 0.05) is 0 Å². The summed E-state index contributed by atoms with van der Waals surface area (Å²) >= 11 is 0. The fourth-order valence-corrected chi connectivity index (χ4v) is 2.28. The van der Waals surface area contributed by atoms with Crippen LogP contribution in [0.1, 0.15) is 85.0 Å². The topological polar surface area (TPSA) is 26.3 Å². The molecule has 0 N–H and O–H groups in total. The van der Waals surface area contributed by atoms with Gasteiger partial charge in [0.1, 0.15) is 0 Å². The quantitative estimate of drug-likeness (QED) is 0.358. The minimum absolute atomic E-state index is 0.0316. The highest BCUT2D eigenvalue weighted by molar-refractivity contribution is 5.72. The van der Waals surface area contributed by atoms with Gasteiger partial charge in [-0.3, -0.25) is 4.79 Å². The van der Waals surface area contributed by atoms with Crippen molar-refractivity contribution in [1.82, 2.24) is 0 Å². The van der Waals surface area contributed by atoms with Crippen LogP contribution >= 0.6 is 0 Å². The first-order valence-corrected chi connectivity index (χ1v) is 7.92. The average Bonchev–Trinajstić information content (AvgIpc) is 2.37. The summed E-state index contributed by atoms with van der Waals surface area (Å²) in [7, 11) is 0. The monoisotopic (exact) mass is 256 g/mol. The van der Waals surface area contributed by atoms with Crippen molar-refractivity contribution >= 4 is 5.97 Å². The molecule has 108 valence electrons. The average molecular weight is 256 g/mol. The Morgan fingerprint density at radius 3 is 1.89 bits per heavy atom. The Morgan fingerprint density at radius 1 is 0.833 bits per heavy atom. The van der Waals surface area contributed by atoms with E-state index in [9.17, 15) is 4.79 Å². The van der Waals surface area contributed by atoms with Gasteiger partial charge >= 0.3 is 5.97 Å². The molecule has 0 unspecified atom stereocenters. The number of esters is 1. The van der Waals surface area contributed by atoms with Gasteiger partial charge in [-0.2, -0.15) is 0 Å². The van der Waals surface area contributed by atoms with Crippen LogP contribution in [0.25, 0.3) is 0 Å². The first-order valence-electron chi connectivity index (χ1n) is 7.92. The van der Waals surface area contributed by atoms with Crippen molar-refractivity contribution < 1.29 is 9.53 Å². The molecular weight excluding hydrogens is 224 g/mol. The van der Waals surface area contributed by atoms with Crippen LogP contribution in [-0.2, 0) is 9.53 Å². The molecule has 0 aromatic carbocycles. The Balaban J connectivity index is 3.84. The molecule has 0 heterocycles.